The molecule has 4 aromatic heterocycles. The van der Waals surface area contributed by atoms with Gasteiger partial charge in [0.1, 0.15) is 5.82 Å². The van der Waals surface area contributed by atoms with Crippen molar-refractivity contribution in [2.75, 3.05) is 5.75 Å². The van der Waals surface area contributed by atoms with Gasteiger partial charge in [0.25, 0.3) is 11.3 Å². The van der Waals surface area contributed by atoms with Crippen LogP contribution in [-0.2, 0) is 0 Å². The molecule has 0 atom stereocenters. The van der Waals surface area contributed by atoms with Gasteiger partial charge in [0.05, 0.1) is 16.6 Å². The van der Waals surface area contributed by atoms with E-state index < -0.39 is 0 Å². The average Bonchev–Trinajstić information content (AvgIpc) is 3.32. The molecule has 0 saturated carbocycles. The van der Waals surface area contributed by atoms with Crippen LogP contribution in [0.1, 0.15) is 12.7 Å². The van der Waals surface area contributed by atoms with Crippen molar-refractivity contribution in [3.8, 4) is 17.2 Å². The van der Waals surface area contributed by atoms with Crippen LogP contribution in [0.4, 0.5) is 0 Å². The van der Waals surface area contributed by atoms with Crippen molar-refractivity contribution in [2.45, 2.75) is 19.0 Å². The summed E-state index contributed by atoms with van der Waals surface area (Å²) >= 11 is 7.72. The number of fused-ring (bicyclic) bond motifs is 2. The molecule has 30 heavy (non-hydrogen) atoms. The molecule has 0 fully saturated rings. The lowest BCUT2D eigenvalue weighted by atomic mass is 10.1. The van der Waals surface area contributed by atoms with Gasteiger partial charge >= 0.3 is 0 Å². The Morgan fingerprint density at radius 3 is 2.87 bits per heavy atom. The van der Waals surface area contributed by atoms with E-state index in [4.69, 9.17) is 11.6 Å². The molecular weight excluding hydrogens is 424 g/mol. The number of rotatable bonds is 4. The van der Waals surface area contributed by atoms with Crippen molar-refractivity contribution in [3.05, 3.63) is 57.7 Å². The molecule has 0 radical (unpaired) electrons. The largest absolute Gasteiger partial charge is 0.269 e. The summed E-state index contributed by atoms with van der Waals surface area (Å²) in [4.78, 5) is 26.9. The molecule has 0 spiro atoms. The Balaban J connectivity index is 1.86. The molecule has 5 aromatic rings. The van der Waals surface area contributed by atoms with Gasteiger partial charge in [-0.25, -0.2) is 10.1 Å². The molecule has 150 valence electrons. The molecule has 4 heterocycles. The lowest BCUT2D eigenvalue weighted by molar-refractivity contribution is 0.893. The highest BCUT2D eigenvalue weighted by Gasteiger charge is 2.19. The van der Waals surface area contributed by atoms with Crippen LogP contribution < -0.4 is 5.56 Å². The molecule has 9 nitrogen and oxygen atoms in total. The number of aromatic nitrogens is 8. The van der Waals surface area contributed by atoms with Crippen molar-refractivity contribution in [1.82, 2.24) is 39.3 Å². The Bertz CT molecular complexity index is 1470. The number of hydrogen-bond donors (Lipinski definition) is 1. The van der Waals surface area contributed by atoms with Crippen LogP contribution in [0.15, 0.2) is 46.5 Å². The van der Waals surface area contributed by atoms with Crippen molar-refractivity contribution < 1.29 is 0 Å². The first-order valence-corrected chi connectivity index (χ1v) is 10.5. The van der Waals surface area contributed by atoms with E-state index in [9.17, 15) is 4.79 Å². The molecule has 0 saturated heterocycles. The minimum absolute atomic E-state index is 0.297. The fourth-order valence-corrected chi connectivity index (χ4v) is 4.00. The molecule has 0 aliphatic carbocycles. The van der Waals surface area contributed by atoms with Crippen LogP contribution in [-0.4, -0.2) is 45.1 Å². The molecule has 0 unspecified atom stereocenters. The highest BCUT2D eigenvalue weighted by atomic mass is 35.5. The standard InChI is InChI=1S/C19H15ClN8OS/c1-3-30-19-23-18(24-25-19)27-8-7-13-14(16(27)29)15(11-5-4-6-12(20)9-11)28-17(22-13)21-10(2)26-28/h4-9H,3H2,1-2H3,(H,23,24,25). The monoisotopic (exact) mass is 438 g/mol. The summed E-state index contributed by atoms with van der Waals surface area (Å²) in [6.45, 7) is 3.79. The quantitative estimate of drug-likeness (QED) is 0.429. The molecule has 0 aliphatic rings. The highest BCUT2D eigenvalue weighted by molar-refractivity contribution is 7.99. The minimum Gasteiger partial charge on any atom is -0.268 e. The first kappa shape index (κ1) is 18.8. The number of halogens is 1. The van der Waals surface area contributed by atoms with E-state index in [2.05, 4.69) is 30.2 Å². The average molecular weight is 439 g/mol. The van der Waals surface area contributed by atoms with Gasteiger partial charge in [-0.1, -0.05) is 42.4 Å². The lowest BCUT2D eigenvalue weighted by Crippen LogP contribution is -2.21. The first-order valence-electron chi connectivity index (χ1n) is 9.15. The molecule has 0 aliphatic heterocycles. The predicted molar refractivity (Wildman–Crippen MR) is 115 cm³/mol. The van der Waals surface area contributed by atoms with Crippen molar-refractivity contribution in [1.29, 1.82) is 0 Å². The molecule has 1 aromatic carbocycles. The van der Waals surface area contributed by atoms with Crippen molar-refractivity contribution >= 4 is 40.0 Å². The van der Waals surface area contributed by atoms with E-state index in [-0.39, 0.29) is 5.56 Å². The summed E-state index contributed by atoms with van der Waals surface area (Å²) in [5.41, 5.74) is 1.52. The highest BCUT2D eigenvalue weighted by Crippen LogP contribution is 2.28. The summed E-state index contributed by atoms with van der Waals surface area (Å²) in [6.07, 6.45) is 1.63. The van der Waals surface area contributed by atoms with Crippen LogP contribution in [0.3, 0.4) is 0 Å². The summed E-state index contributed by atoms with van der Waals surface area (Å²) < 4.78 is 2.99. The topological polar surface area (TPSA) is 107 Å². The van der Waals surface area contributed by atoms with Crippen molar-refractivity contribution in [2.24, 2.45) is 0 Å². The number of thioether (sulfide) groups is 1. The molecule has 5 rings (SSSR count). The van der Waals surface area contributed by atoms with E-state index >= 15 is 0 Å². The first-order chi connectivity index (χ1) is 14.5. The van der Waals surface area contributed by atoms with Gasteiger partial charge in [0.15, 0.2) is 0 Å². The smallest absolute Gasteiger partial charge is 0.268 e. The second kappa shape index (κ2) is 7.22. The van der Waals surface area contributed by atoms with Gasteiger partial charge in [-0.2, -0.15) is 14.5 Å². The summed E-state index contributed by atoms with van der Waals surface area (Å²) in [6, 6.07) is 9.01. The Morgan fingerprint density at radius 1 is 1.20 bits per heavy atom. The third-order valence-electron chi connectivity index (χ3n) is 4.49. The number of aryl methyl sites for hydroxylation is 1. The SMILES string of the molecule is CCSc1n[nH]c(-n2ccc3nc4nc(C)nn4c(-c4cccc(Cl)c4)c3c2=O)n1. The van der Waals surface area contributed by atoms with E-state index in [1.165, 1.54) is 16.3 Å². The maximum absolute atomic E-state index is 13.6. The van der Waals surface area contributed by atoms with E-state index in [1.54, 1.807) is 35.8 Å². The zero-order valence-electron chi connectivity index (χ0n) is 16.0. The maximum atomic E-state index is 13.6. The van der Waals surface area contributed by atoms with Crippen LogP contribution >= 0.6 is 23.4 Å². The predicted octanol–water partition coefficient (Wildman–Crippen LogP) is 3.29. The van der Waals surface area contributed by atoms with Gasteiger partial charge in [0.2, 0.25) is 11.1 Å². The molecule has 1 N–H and O–H groups in total. The number of benzene rings is 1. The number of aromatic amines is 1. The molecule has 11 heteroatoms. The van der Waals surface area contributed by atoms with Gasteiger partial charge in [0, 0.05) is 16.8 Å². The number of hydrogen-bond acceptors (Lipinski definition) is 7. The zero-order chi connectivity index (χ0) is 20.8. The Morgan fingerprint density at radius 2 is 2.07 bits per heavy atom. The maximum Gasteiger partial charge on any atom is 0.269 e. The molecule has 0 bridgehead atoms. The third-order valence-corrected chi connectivity index (χ3v) is 5.45. The lowest BCUT2D eigenvalue weighted by Gasteiger charge is -2.10. The number of H-pyrrole nitrogens is 1. The van der Waals surface area contributed by atoms with Gasteiger partial charge in [-0.15, -0.1) is 10.2 Å². The second-order valence-electron chi connectivity index (χ2n) is 6.47. The van der Waals surface area contributed by atoms with Crippen LogP contribution in [0.2, 0.25) is 5.02 Å². The molecule has 0 amide bonds. The fraction of sp³-hybridized carbons (Fsp3) is 0.158. The fourth-order valence-electron chi connectivity index (χ4n) is 3.29. The van der Waals surface area contributed by atoms with Gasteiger partial charge in [-0.05, 0) is 30.9 Å². The van der Waals surface area contributed by atoms with Gasteiger partial charge < -0.3 is 0 Å². The van der Waals surface area contributed by atoms with Crippen LogP contribution in [0.25, 0.3) is 33.9 Å². The normalized spacial score (nSPS) is 11.6. The minimum atomic E-state index is -0.297. The zero-order valence-corrected chi connectivity index (χ0v) is 17.6. The second-order valence-corrected chi connectivity index (χ2v) is 8.13. The summed E-state index contributed by atoms with van der Waals surface area (Å²) in [7, 11) is 0. The third kappa shape index (κ3) is 3.04. The Kier molecular flexibility index (Phi) is 4.52. The Hall–Kier alpha value is -3.24. The van der Waals surface area contributed by atoms with Crippen LogP contribution in [0, 0.1) is 6.92 Å². The van der Waals surface area contributed by atoms with Gasteiger partial charge in [-0.3, -0.25) is 9.36 Å². The van der Waals surface area contributed by atoms with Crippen molar-refractivity contribution in [3.63, 3.8) is 0 Å². The molecular formula is C19H15ClN8OS. The number of nitrogens with zero attached hydrogens (tertiary/aromatic N) is 7. The number of pyridine rings is 1. The summed E-state index contributed by atoms with van der Waals surface area (Å²) in [5.74, 6) is 2.13. The van der Waals surface area contributed by atoms with E-state index in [0.29, 0.717) is 44.3 Å². The summed E-state index contributed by atoms with van der Waals surface area (Å²) in [5, 5.41) is 13.0. The van der Waals surface area contributed by atoms with E-state index in [0.717, 1.165) is 11.3 Å². The Labute approximate surface area is 179 Å². The van der Waals surface area contributed by atoms with Crippen LogP contribution in [0.5, 0.6) is 0 Å². The number of nitrogens with one attached hydrogen (secondary N) is 1. The van der Waals surface area contributed by atoms with E-state index in [1.807, 2.05) is 19.1 Å².